The summed E-state index contributed by atoms with van der Waals surface area (Å²) >= 11 is 0. The van der Waals surface area contributed by atoms with Gasteiger partial charge in [-0.05, 0) is 12.1 Å². The predicted octanol–water partition coefficient (Wildman–Crippen LogP) is 2.16. The Balaban J connectivity index is 2.73. The zero-order chi connectivity index (χ0) is 8.81. The molecule has 0 unspecified atom stereocenters. The van der Waals surface area contributed by atoms with E-state index in [4.69, 9.17) is 5.26 Å². The standard InChI is InChI=1S/C10H10N2/c1-12(9-5-8-11)10-6-3-2-4-7-10/h2-7,9H,1H3/b9-5+. The van der Waals surface area contributed by atoms with Gasteiger partial charge in [-0.15, -0.1) is 0 Å². The van der Waals surface area contributed by atoms with Crippen molar-refractivity contribution in [3.63, 3.8) is 0 Å². The van der Waals surface area contributed by atoms with Gasteiger partial charge in [0.25, 0.3) is 0 Å². The van der Waals surface area contributed by atoms with Crippen LogP contribution in [0.2, 0.25) is 0 Å². The average molecular weight is 158 g/mol. The molecule has 0 fully saturated rings. The molecule has 0 aliphatic rings. The van der Waals surface area contributed by atoms with Crippen molar-refractivity contribution in [3.8, 4) is 6.07 Å². The van der Waals surface area contributed by atoms with Crippen LogP contribution in [-0.4, -0.2) is 7.05 Å². The molecule has 0 bridgehead atoms. The maximum atomic E-state index is 8.30. The minimum atomic E-state index is 1.07. The van der Waals surface area contributed by atoms with Gasteiger partial charge in [-0.2, -0.15) is 5.26 Å². The van der Waals surface area contributed by atoms with E-state index < -0.39 is 0 Å². The number of nitriles is 1. The van der Waals surface area contributed by atoms with Gasteiger partial charge in [0.2, 0.25) is 0 Å². The summed E-state index contributed by atoms with van der Waals surface area (Å²) in [5.74, 6) is 0. The summed E-state index contributed by atoms with van der Waals surface area (Å²) in [4.78, 5) is 1.89. The fraction of sp³-hybridized carbons (Fsp3) is 0.100. The van der Waals surface area contributed by atoms with Crippen LogP contribution in [0.5, 0.6) is 0 Å². The maximum absolute atomic E-state index is 8.30. The molecule has 0 atom stereocenters. The minimum Gasteiger partial charge on any atom is -0.350 e. The number of hydrogen-bond acceptors (Lipinski definition) is 2. The van der Waals surface area contributed by atoms with Crippen LogP contribution >= 0.6 is 0 Å². The predicted molar refractivity (Wildman–Crippen MR) is 49.6 cm³/mol. The van der Waals surface area contributed by atoms with E-state index in [0.717, 1.165) is 5.69 Å². The van der Waals surface area contributed by atoms with E-state index in [1.807, 2.05) is 48.3 Å². The third-order valence-corrected chi connectivity index (χ3v) is 1.54. The summed E-state index contributed by atoms with van der Waals surface area (Å²) in [5, 5.41) is 8.30. The van der Waals surface area contributed by atoms with E-state index in [9.17, 15) is 0 Å². The first kappa shape index (κ1) is 8.35. The van der Waals surface area contributed by atoms with Gasteiger partial charge < -0.3 is 4.90 Å². The lowest BCUT2D eigenvalue weighted by atomic mass is 10.3. The van der Waals surface area contributed by atoms with Crippen molar-refractivity contribution in [3.05, 3.63) is 42.6 Å². The summed E-state index contributed by atoms with van der Waals surface area (Å²) in [6.07, 6.45) is 3.18. The largest absolute Gasteiger partial charge is 0.350 e. The SMILES string of the molecule is CN(/C=C/C#N)c1ccccc1. The second kappa shape index (κ2) is 4.20. The molecular formula is C10H10N2. The van der Waals surface area contributed by atoms with E-state index in [2.05, 4.69) is 0 Å². The fourth-order valence-electron chi connectivity index (χ4n) is 0.894. The zero-order valence-corrected chi connectivity index (χ0v) is 6.94. The van der Waals surface area contributed by atoms with Crippen LogP contribution in [0.15, 0.2) is 42.6 Å². The van der Waals surface area contributed by atoms with Crippen LogP contribution in [0.3, 0.4) is 0 Å². The smallest absolute Gasteiger partial charge is 0.0927 e. The molecule has 0 heterocycles. The number of benzene rings is 1. The maximum Gasteiger partial charge on any atom is 0.0927 e. The molecule has 0 spiro atoms. The summed E-state index contributed by atoms with van der Waals surface area (Å²) in [6.45, 7) is 0. The van der Waals surface area contributed by atoms with Gasteiger partial charge in [-0.1, -0.05) is 18.2 Å². The van der Waals surface area contributed by atoms with Crippen LogP contribution in [0.4, 0.5) is 5.69 Å². The van der Waals surface area contributed by atoms with Crippen LogP contribution in [0.1, 0.15) is 0 Å². The molecule has 2 heteroatoms. The summed E-state index contributed by atoms with van der Waals surface area (Å²) in [7, 11) is 1.91. The molecule has 1 aromatic rings. The Morgan fingerprint density at radius 2 is 2.00 bits per heavy atom. The third kappa shape index (κ3) is 2.14. The van der Waals surface area contributed by atoms with E-state index >= 15 is 0 Å². The van der Waals surface area contributed by atoms with Crippen LogP contribution in [-0.2, 0) is 0 Å². The van der Waals surface area contributed by atoms with Crippen molar-refractivity contribution < 1.29 is 0 Å². The molecule has 2 nitrogen and oxygen atoms in total. The van der Waals surface area contributed by atoms with E-state index in [-0.39, 0.29) is 0 Å². The molecule has 0 N–H and O–H groups in total. The summed E-state index contributed by atoms with van der Waals surface area (Å²) < 4.78 is 0. The first-order valence-electron chi connectivity index (χ1n) is 3.69. The van der Waals surface area contributed by atoms with E-state index in [0.29, 0.717) is 0 Å². The molecule has 0 saturated heterocycles. The van der Waals surface area contributed by atoms with Gasteiger partial charge in [0.1, 0.15) is 0 Å². The first-order valence-corrected chi connectivity index (χ1v) is 3.69. The number of para-hydroxylation sites is 1. The highest BCUT2D eigenvalue weighted by atomic mass is 15.1. The quantitative estimate of drug-likeness (QED) is 0.617. The molecule has 12 heavy (non-hydrogen) atoms. The minimum absolute atomic E-state index is 1.07. The Kier molecular flexibility index (Phi) is 2.92. The van der Waals surface area contributed by atoms with Crippen LogP contribution in [0.25, 0.3) is 0 Å². The molecule has 0 saturated carbocycles. The fourth-order valence-corrected chi connectivity index (χ4v) is 0.894. The number of rotatable bonds is 2. The van der Waals surface area contributed by atoms with Crippen LogP contribution in [0, 0.1) is 11.3 Å². The lowest BCUT2D eigenvalue weighted by Crippen LogP contribution is -2.06. The Morgan fingerprint density at radius 1 is 1.33 bits per heavy atom. The van der Waals surface area contributed by atoms with Crippen molar-refractivity contribution >= 4 is 5.69 Å². The molecule has 0 aromatic heterocycles. The molecule has 1 rings (SSSR count). The average Bonchev–Trinajstić information content (AvgIpc) is 2.15. The molecule has 0 aliphatic carbocycles. The first-order chi connectivity index (χ1) is 5.84. The van der Waals surface area contributed by atoms with Crippen molar-refractivity contribution in [2.24, 2.45) is 0 Å². The van der Waals surface area contributed by atoms with Crippen molar-refractivity contribution in [2.75, 3.05) is 11.9 Å². The van der Waals surface area contributed by atoms with E-state index in [1.54, 1.807) is 6.20 Å². The highest BCUT2D eigenvalue weighted by molar-refractivity contribution is 5.48. The van der Waals surface area contributed by atoms with Gasteiger partial charge in [0, 0.05) is 25.0 Å². The number of allylic oxidation sites excluding steroid dienone is 1. The van der Waals surface area contributed by atoms with Crippen molar-refractivity contribution in [1.82, 2.24) is 0 Å². The molecular weight excluding hydrogens is 148 g/mol. The Morgan fingerprint density at radius 3 is 2.58 bits per heavy atom. The Bertz CT molecular complexity index is 295. The Labute approximate surface area is 72.4 Å². The summed E-state index contributed by atoms with van der Waals surface area (Å²) in [5.41, 5.74) is 1.07. The molecule has 0 amide bonds. The third-order valence-electron chi connectivity index (χ3n) is 1.54. The van der Waals surface area contributed by atoms with Gasteiger partial charge in [-0.3, -0.25) is 0 Å². The second-order valence-corrected chi connectivity index (χ2v) is 2.39. The molecule has 0 radical (unpaired) electrons. The zero-order valence-electron chi connectivity index (χ0n) is 6.94. The second-order valence-electron chi connectivity index (χ2n) is 2.39. The van der Waals surface area contributed by atoms with Crippen molar-refractivity contribution in [1.29, 1.82) is 5.26 Å². The highest BCUT2D eigenvalue weighted by Gasteiger charge is 1.92. The lowest BCUT2D eigenvalue weighted by molar-refractivity contribution is 1.20. The van der Waals surface area contributed by atoms with Crippen molar-refractivity contribution in [2.45, 2.75) is 0 Å². The summed E-state index contributed by atoms with van der Waals surface area (Å²) in [6, 6.07) is 11.8. The Hall–Kier alpha value is -1.75. The number of nitrogens with zero attached hydrogens (tertiary/aromatic N) is 2. The molecule has 60 valence electrons. The normalized spacial score (nSPS) is 9.67. The number of anilines is 1. The monoisotopic (exact) mass is 158 g/mol. The molecule has 0 aliphatic heterocycles. The van der Waals surface area contributed by atoms with Crippen LogP contribution < -0.4 is 4.90 Å². The van der Waals surface area contributed by atoms with Gasteiger partial charge in [0.05, 0.1) is 6.07 Å². The van der Waals surface area contributed by atoms with Gasteiger partial charge in [-0.25, -0.2) is 0 Å². The number of hydrogen-bond donors (Lipinski definition) is 0. The van der Waals surface area contributed by atoms with Gasteiger partial charge in [0.15, 0.2) is 0 Å². The highest BCUT2D eigenvalue weighted by Crippen LogP contribution is 2.10. The molecule has 1 aromatic carbocycles. The lowest BCUT2D eigenvalue weighted by Gasteiger charge is -2.12. The van der Waals surface area contributed by atoms with E-state index in [1.165, 1.54) is 6.08 Å². The van der Waals surface area contributed by atoms with Gasteiger partial charge >= 0.3 is 0 Å². The topological polar surface area (TPSA) is 27.0 Å².